The highest BCUT2D eigenvalue weighted by atomic mass is 32.1. The van der Waals surface area contributed by atoms with Crippen molar-refractivity contribution in [2.75, 3.05) is 19.1 Å². The van der Waals surface area contributed by atoms with Gasteiger partial charge in [-0.05, 0) is 17.7 Å². The zero-order valence-corrected chi connectivity index (χ0v) is 13.9. The molecular weight excluding hydrogens is 282 g/mol. The minimum atomic E-state index is 0.477. The molecule has 5 heteroatoms. The van der Waals surface area contributed by atoms with Crippen LogP contribution >= 0.6 is 11.3 Å². The molecule has 0 amide bonds. The minimum Gasteiger partial charge on any atom is -0.497 e. The fourth-order valence-corrected chi connectivity index (χ4v) is 2.77. The normalized spacial score (nSPS) is 10.9. The van der Waals surface area contributed by atoms with E-state index in [2.05, 4.69) is 53.6 Å². The lowest BCUT2D eigenvalue weighted by atomic mass is 10.2. The third-order valence-corrected chi connectivity index (χ3v) is 4.12. The Morgan fingerprint density at radius 3 is 2.90 bits per heavy atom. The Morgan fingerprint density at radius 2 is 2.19 bits per heavy atom. The lowest BCUT2D eigenvalue weighted by Gasteiger charge is -2.16. The van der Waals surface area contributed by atoms with Crippen molar-refractivity contribution in [1.29, 1.82) is 0 Å². The van der Waals surface area contributed by atoms with Crippen molar-refractivity contribution >= 4 is 16.5 Å². The van der Waals surface area contributed by atoms with Crippen molar-refractivity contribution in [1.82, 2.24) is 10.3 Å². The molecule has 1 aromatic carbocycles. The van der Waals surface area contributed by atoms with E-state index in [4.69, 9.17) is 4.74 Å². The molecule has 0 unspecified atom stereocenters. The van der Waals surface area contributed by atoms with E-state index in [-0.39, 0.29) is 0 Å². The zero-order valence-electron chi connectivity index (χ0n) is 13.1. The smallest absolute Gasteiger partial charge is 0.185 e. The number of nitrogens with one attached hydrogen (secondary N) is 1. The van der Waals surface area contributed by atoms with Crippen LogP contribution in [0.5, 0.6) is 5.75 Å². The highest BCUT2D eigenvalue weighted by molar-refractivity contribution is 7.13. The Balaban J connectivity index is 1.97. The van der Waals surface area contributed by atoms with Crippen LogP contribution < -0.4 is 15.0 Å². The molecule has 1 N–H and O–H groups in total. The minimum absolute atomic E-state index is 0.477. The summed E-state index contributed by atoms with van der Waals surface area (Å²) in [5, 5.41) is 6.55. The molecule has 2 aromatic rings. The fraction of sp³-hybridized carbons (Fsp3) is 0.438. The molecule has 0 bridgehead atoms. The van der Waals surface area contributed by atoms with E-state index >= 15 is 0 Å². The Hall–Kier alpha value is -1.59. The average Bonchev–Trinajstić information content (AvgIpc) is 2.94. The first-order chi connectivity index (χ1) is 10.1. The summed E-state index contributed by atoms with van der Waals surface area (Å²) in [4.78, 5) is 6.84. The molecule has 21 heavy (non-hydrogen) atoms. The van der Waals surface area contributed by atoms with E-state index in [0.29, 0.717) is 6.04 Å². The van der Waals surface area contributed by atoms with Crippen LogP contribution in [0.1, 0.15) is 25.1 Å². The van der Waals surface area contributed by atoms with Crippen LogP contribution in [-0.2, 0) is 13.1 Å². The molecular formula is C16H23N3OS. The Bertz CT molecular complexity index is 568. The summed E-state index contributed by atoms with van der Waals surface area (Å²) in [5.74, 6) is 0.891. The Labute approximate surface area is 130 Å². The SMILES string of the molecule is COc1cccc(CN(C)c2nc(CNC(C)C)cs2)c1. The molecule has 0 atom stereocenters. The van der Waals surface area contributed by atoms with E-state index in [1.54, 1.807) is 18.4 Å². The van der Waals surface area contributed by atoms with Crippen LogP contribution in [0.4, 0.5) is 5.13 Å². The van der Waals surface area contributed by atoms with Gasteiger partial charge in [-0.3, -0.25) is 0 Å². The van der Waals surface area contributed by atoms with E-state index in [1.807, 2.05) is 12.1 Å². The van der Waals surface area contributed by atoms with Crippen LogP contribution in [0.15, 0.2) is 29.6 Å². The molecule has 114 valence electrons. The number of anilines is 1. The number of benzene rings is 1. The molecule has 4 nitrogen and oxygen atoms in total. The van der Waals surface area contributed by atoms with Gasteiger partial charge in [0.25, 0.3) is 0 Å². The maximum atomic E-state index is 5.26. The first kappa shape index (κ1) is 15.8. The van der Waals surface area contributed by atoms with Gasteiger partial charge in [0.05, 0.1) is 12.8 Å². The predicted molar refractivity (Wildman–Crippen MR) is 89.2 cm³/mol. The third-order valence-electron chi connectivity index (χ3n) is 3.11. The van der Waals surface area contributed by atoms with Crippen LogP contribution in [-0.4, -0.2) is 25.2 Å². The number of methoxy groups -OCH3 is 1. The first-order valence-corrected chi connectivity index (χ1v) is 7.98. The van der Waals surface area contributed by atoms with Gasteiger partial charge in [0.15, 0.2) is 5.13 Å². The van der Waals surface area contributed by atoms with E-state index in [1.165, 1.54) is 5.56 Å². The van der Waals surface area contributed by atoms with Gasteiger partial charge < -0.3 is 15.0 Å². The molecule has 0 saturated heterocycles. The predicted octanol–water partition coefficient (Wildman–Crippen LogP) is 3.29. The molecule has 0 aliphatic rings. The van der Waals surface area contributed by atoms with E-state index in [0.717, 1.165) is 29.7 Å². The lowest BCUT2D eigenvalue weighted by molar-refractivity contribution is 0.414. The van der Waals surface area contributed by atoms with Gasteiger partial charge in [-0.1, -0.05) is 26.0 Å². The van der Waals surface area contributed by atoms with Crippen LogP contribution in [0, 0.1) is 0 Å². The van der Waals surface area contributed by atoms with Crippen LogP contribution in [0.2, 0.25) is 0 Å². The Morgan fingerprint density at radius 1 is 1.38 bits per heavy atom. The van der Waals surface area contributed by atoms with Crippen molar-refractivity contribution in [3.05, 3.63) is 40.9 Å². The number of hydrogen-bond donors (Lipinski definition) is 1. The van der Waals surface area contributed by atoms with Gasteiger partial charge in [-0.15, -0.1) is 11.3 Å². The third kappa shape index (κ3) is 4.72. The highest BCUT2D eigenvalue weighted by Gasteiger charge is 2.08. The molecule has 0 fully saturated rings. The molecule has 2 rings (SSSR count). The number of nitrogens with zero attached hydrogens (tertiary/aromatic N) is 2. The highest BCUT2D eigenvalue weighted by Crippen LogP contribution is 2.22. The van der Waals surface area contributed by atoms with Gasteiger partial charge >= 0.3 is 0 Å². The molecule has 1 heterocycles. The zero-order chi connectivity index (χ0) is 15.2. The van der Waals surface area contributed by atoms with Gasteiger partial charge in [-0.25, -0.2) is 4.98 Å². The van der Waals surface area contributed by atoms with Crippen LogP contribution in [0.3, 0.4) is 0 Å². The van der Waals surface area contributed by atoms with Gasteiger partial charge in [0, 0.05) is 31.6 Å². The molecule has 0 spiro atoms. The molecule has 0 saturated carbocycles. The molecule has 1 aromatic heterocycles. The number of ether oxygens (including phenoxy) is 1. The monoisotopic (exact) mass is 305 g/mol. The Kier molecular flexibility index (Phi) is 5.59. The molecule has 0 aliphatic carbocycles. The summed E-state index contributed by atoms with van der Waals surface area (Å²) < 4.78 is 5.26. The summed E-state index contributed by atoms with van der Waals surface area (Å²) in [7, 11) is 3.76. The van der Waals surface area contributed by atoms with Gasteiger partial charge in [0.2, 0.25) is 0 Å². The standard InChI is InChI=1S/C16H23N3OS/c1-12(2)17-9-14-11-21-16(18-14)19(3)10-13-6-5-7-15(8-13)20-4/h5-8,11-12,17H,9-10H2,1-4H3. The van der Waals surface area contributed by atoms with Crippen LogP contribution in [0.25, 0.3) is 0 Å². The topological polar surface area (TPSA) is 37.4 Å². The largest absolute Gasteiger partial charge is 0.497 e. The summed E-state index contributed by atoms with van der Waals surface area (Å²) in [6.07, 6.45) is 0. The van der Waals surface area contributed by atoms with Crippen molar-refractivity contribution in [3.8, 4) is 5.75 Å². The van der Waals surface area contributed by atoms with E-state index in [9.17, 15) is 0 Å². The number of rotatable bonds is 7. The van der Waals surface area contributed by atoms with Gasteiger partial charge in [0.1, 0.15) is 5.75 Å². The number of hydrogen-bond acceptors (Lipinski definition) is 5. The van der Waals surface area contributed by atoms with Crippen molar-refractivity contribution < 1.29 is 4.74 Å². The summed E-state index contributed by atoms with van der Waals surface area (Å²) >= 11 is 1.68. The number of thiazole rings is 1. The second-order valence-corrected chi connectivity index (χ2v) is 6.20. The van der Waals surface area contributed by atoms with Crippen molar-refractivity contribution in [2.45, 2.75) is 33.0 Å². The fourth-order valence-electron chi connectivity index (χ4n) is 1.97. The lowest BCUT2D eigenvalue weighted by Crippen LogP contribution is -2.22. The average molecular weight is 305 g/mol. The maximum absolute atomic E-state index is 5.26. The summed E-state index contributed by atoms with van der Waals surface area (Å²) in [6.45, 7) is 5.92. The maximum Gasteiger partial charge on any atom is 0.185 e. The van der Waals surface area contributed by atoms with E-state index < -0.39 is 0 Å². The summed E-state index contributed by atoms with van der Waals surface area (Å²) in [5.41, 5.74) is 2.31. The quantitative estimate of drug-likeness (QED) is 0.852. The van der Waals surface area contributed by atoms with Crippen molar-refractivity contribution in [2.24, 2.45) is 0 Å². The van der Waals surface area contributed by atoms with Gasteiger partial charge in [-0.2, -0.15) is 0 Å². The number of aromatic nitrogens is 1. The van der Waals surface area contributed by atoms with Crippen molar-refractivity contribution in [3.63, 3.8) is 0 Å². The molecule has 0 aliphatic heterocycles. The first-order valence-electron chi connectivity index (χ1n) is 7.10. The summed E-state index contributed by atoms with van der Waals surface area (Å²) in [6, 6.07) is 8.62. The second kappa shape index (κ2) is 7.43. The second-order valence-electron chi connectivity index (χ2n) is 5.36. The molecule has 0 radical (unpaired) electrons.